The predicted octanol–water partition coefficient (Wildman–Crippen LogP) is 5.97. The molecular formula is C25H21ClN2O3. The van der Waals surface area contributed by atoms with Gasteiger partial charge in [0.1, 0.15) is 5.75 Å². The summed E-state index contributed by atoms with van der Waals surface area (Å²) in [6.45, 7) is 3.89. The number of imide groups is 1. The van der Waals surface area contributed by atoms with Crippen molar-refractivity contribution in [2.24, 2.45) is 0 Å². The van der Waals surface area contributed by atoms with Gasteiger partial charge < -0.3 is 4.74 Å². The molecule has 3 aromatic carbocycles. The number of carbonyl (C=O) groups excluding carboxylic acids is 2. The summed E-state index contributed by atoms with van der Waals surface area (Å²) in [5.41, 5.74) is 2.10. The van der Waals surface area contributed by atoms with Crippen molar-refractivity contribution in [3.63, 3.8) is 0 Å². The van der Waals surface area contributed by atoms with Gasteiger partial charge in [-0.15, -0.1) is 0 Å². The highest BCUT2D eigenvalue weighted by atomic mass is 35.5. The fourth-order valence-electron chi connectivity index (χ4n) is 4.44. The fraction of sp³-hybridized carbons (Fsp3) is 0.200. The van der Waals surface area contributed by atoms with Crippen molar-refractivity contribution < 1.29 is 14.3 Å². The lowest BCUT2D eigenvalue weighted by Gasteiger charge is -2.53. The standard InChI is InChI=1S/C25H21ClN2O3/c1-16-7-13-19(14-8-16)28-24(30)27(23(29)17-9-11-18(26)12-10-17)21-15-25(28,2)31-22-6-4-3-5-20(21)22/h3-14,21H,15H2,1-2H3/t21-,25-/m0/s1. The Bertz CT molecular complexity index is 1180. The van der Waals surface area contributed by atoms with Crippen molar-refractivity contribution in [2.75, 3.05) is 4.90 Å². The first-order chi connectivity index (χ1) is 14.9. The van der Waals surface area contributed by atoms with Crippen LogP contribution in [0.25, 0.3) is 0 Å². The molecule has 5 rings (SSSR count). The van der Waals surface area contributed by atoms with E-state index in [0.717, 1.165) is 11.1 Å². The molecule has 156 valence electrons. The van der Waals surface area contributed by atoms with Crippen molar-refractivity contribution in [1.29, 1.82) is 0 Å². The van der Waals surface area contributed by atoms with E-state index in [1.807, 2.05) is 62.4 Å². The summed E-state index contributed by atoms with van der Waals surface area (Å²) >= 11 is 6.00. The highest BCUT2D eigenvalue weighted by Crippen LogP contribution is 2.49. The Morgan fingerprint density at radius 3 is 2.42 bits per heavy atom. The normalized spacial score (nSPS) is 22.0. The maximum Gasteiger partial charge on any atom is 0.335 e. The first-order valence-corrected chi connectivity index (χ1v) is 10.5. The Labute approximate surface area is 185 Å². The molecule has 31 heavy (non-hydrogen) atoms. The quantitative estimate of drug-likeness (QED) is 0.501. The minimum atomic E-state index is -0.915. The summed E-state index contributed by atoms with van der Waals surface area (Å²) in [5, 5.41) is 0.534. The summed E-state index contributed by atoms with van der Waals surface area (Å²) in [4.78, 5) is 30.4. The minimum absolute atomic E-state index is 0.359. The number of hydrogen-bond donors (Lipinski definition) is 0. The van der Waals surface area contributed by atoms with Crippen LogP contribution in [0.1, 0.15) is 40.9 Å². The van der Waals surface area contributed by atoms with E-state index >= 15 is 0 Å². The van der Waals surface area contributed by atoms with Crippen LogP contribution >= 0.6 is 11.6 Å². The largest absolute Gasteiger partial charge is 0.467 e. The monoisotopic (exact) mass is 432 g/mol. The van der Waals surface area contributed by atoms with Gasteiger partial charge in [-0.3, -0.25) is 14.6 Å². The molecule has 3 aromatic rings. The van der Waals surface area contributed by atoms with Crippen LogP contribution in [-0.4, -0.2) is 22.6 Å². The van der Waals surface area contributed by atoms with Crippen molar-refractivity contribution in [1.82, 2.24) is 4.90 Å². The van der Waals surface area contributed by atoms with E-state index in [1.165, 1.54) is 4.90 Å². The number of aryl methyl sites for hydroxylation is 1. The van der Waals surface area contributed by atoms with Crippen LogP contribution in [0.15, 0.2) is 72.8 Å². The van der Waals surface area contributed by atoms with Crippen molar-refractivity contribution in [3.05, 3.63) is 94.5 Å². The predicted molar refractivity (Wildman–Crippen MR) is 120 cm³/mol. The molecule has 2 heterocycles. The number of hydrogen-bond acceptors (Lipinski definition) is 3. The molecule has 0 N–H and O–H groups in total. The molecule has 0 spiro atoms. The van der Waals surface area contributed by atoms with Gasteiger partial charge in [0.05, 0.1) is 6.04 Å². The summed E-state index contributed by atoms with van der Waals surface area (Å²) in [7, 11) is 0. The Kier molecular flexibility index (Phi) is 4.52. The van der Waals surface area contributed by atoms with E-state index in [1.54, 1.807) is 29.2 Å². The van der Waals surface area contributed by atoms with Crippen LogP contribution in [0.3, 0.4) is 0 Å². The average molecular weight is 433 g/mol. The number of nitrogens with zero attached hydrogens (tertiary/aromatic N) is 2. The Morgan fingerprint density at radius 1 is 1.03 bits per heavy atom. The molecule has 2 aliphatic rings. The number of halogens is 1. The Balaban J connectivity index is 1.66. The van der Waals surface area contributed by atoms with Crippen LogP contribution < -0.4 is 9.64 Å². The molecule has 0 radical (unpaired) electrons. The molecule has 2 bridgehead atoms. The van der Waals surface area contributed by atoms with Gasteiger partial charge in [-0.25, -0.2) is 4.79 Å². The van der Waals surface area contributed by atoms with Crippen molar-refractivity contribution in [3.8, 4) is 5.75 Å². The zero-order valence-electron chi connectivity index (χ0n) is 17.2. The molecule has 1 fully saturated rings. The molecule has 0 saturated carbocycles. The van der Waals surface area contributed by atoms with Crippen LogP contribution in [-0.2, 0) is 0 Å². The van der Waals surface area contributed by atoms with Crippen molar-refractivity contribution >= 4 is 29.2 Å². The third-order valence-electron chi connectivity index (χ3n) is 5.96. The minimum Gasteiger partial charge on any atom is -0.467 e. The van der Waals surface area contributed by atoms with E-state index in [2.05, 4.69) is 0 Å². The van der Waals surface area contributed by atoms with E-state index in [9.17, 15) is 9.59 Å². The zero-order chi connectivity index (χ0) is 21.8. The Morgan fingerprint density at radius 2 is 1.71 bits per heavy atom. The van der Waals surface area contributed by atoms with E-state index in [0.29, 0.717) is 28.4 Å². The third kappa shape index (κ3) is 3.17. The Hall–Kier alpha value is -3.31. The summed E-state index contributed by atoms with van der Waals surface area (Å²) in [5.74, 6) is 0.322. The molecule has 1 saturated heterocycles. The molecule has 5 nitrogen and oxygen atoms in total. The van der Waals surface area contributed by atoms with Gasteiger partial charge in [-0.2, -0.15) is 0 Å². The van der Waals surface area contributed by atoms with Gasteiger partial charge in [0, 0.05) is 28.3 Å². The second kappa shape index (κ2) is 7.13. The average Bonchev–Trinajstić information content (AvgIpc) is 2.75. The van der Waals surface area contributed by atoms with E-state index in [-0.39, 0.29) is 5.91 Å². The van der Waals surface area contributed by atoms with Crippen molar-refractivity contribution in [2.45, 2.75) is 32.0 Å². The van der Waals surface area contributed by atoms with E-state index < -0.39 is 17.8 Å². The number of para-hydroxylation sites is 1. The lowest BCUT2D eigenvalue weighted by atomic mass is 9.88. The second-order valence-corrected chi connectivity index (χ2v) is 8.61. The van der Waals surface area contributed by atoms with Crippen LogP contribution in [0, 0.1) is 6.92 Å². The van der Waals surface area contributed by atoms with Crippen LogP contribution in [0.4, 0.5) is 10.5 Å². The first-order valence-electron chi connectivity index (χ1n) is 10.2. The number of anilines is 1. The van der Waals surface area contributed by atoms with Gasteiger partial charge >= 0.3 is 6.03 Å². The van der Waals surface area contributed by atoms with Gasteiger partial charge in [0.15, 0.2) is 5.72 Å². The van der Waals surface area contributed by atoms with Gasteiger partial charge in [-0.1, -0.05) is 47.5 Å². The molecule has 0 aromatic heterocycles. The number of fused-ring (bicyclic) bond motifs is 4. The zero-order valence-corrected chi connectivity index (χ0v) is 18.0. The SMILES string of the molecule is Cc1ccc(N2C(=O)N(C(=O)c3ccc(Cl)cc3)[C@H]3C[C@]2(C)Oc2ccccc23)cc1. The molecule has 0 unspecified atom stereocenters. The van der Waals surface area contributed by atoms with E-state index in [4.69, 9.17) is 16.3 Å². The van der Waals surface area contributed by atoms with Gasteiger partial charge in [0.2, 0.25) is 0 Å². The number of urea groups is 1. The molecular weight excluding hydrogens is 412 g/mol. The maximum absolute atomic E-state index is 13.8. The smallest absolute Gasteiger partial charge is 0.335 e. The number of benzene rings is 3. The summed E-state index contributed by atoms with van der Waals surface area (Å²) < 4.78 is 6.36. The van der Waals surface area contributed by atoms with Crippen LogP contribution in [0.5, 0.6) is 5.75 Å². The number of ether oxygens (including phenoxy) is 1. The maximum atomic E-state index is 13.8. The molecule has 3 amide bonds. The highest BCUT2D eigenvalue weighted by molar-refractivity contribution is 6.30. The molecule has 2 aliphatic heterocycles. The van der Waals surface area contributed by atoms with Gasteiger partial charge in [0.25, 0.3) is 5.91 Å². The number of rotatable bonds is 2. The molecule has 0 aliphatic carbocycles. The lowest BCUT2D eigenvalue weighted by Crippen LogP contribution is -2.67. The molecule has 2 atom stereocenters. The topological polar surface area (TPSA) is 49.9 Å². The fourth-order valence-corrected chi connectivity index (χ4v) is 4.57. The van der Waals surface area contributed by atoms with Gasteiger partial charge in [-0.05, 0) is 56.3 Å². The van der Waals surface area contributed by atoms with Crippen LogP contribution in [0.2, 0.25) is 5.02 Å². The summed E-state index contributed by atoms with van der Waals surface area (Å²) in [6.07, 6.45) is 0.461. The first kappa shape index (κ1) is 19.6. The number of amides is 3. The highest BCUT2D eigenvalue weighted by Gasteiger charge is 2.55. The number of carbonyl (C=O) groups is 2. The third-order valence-corrected chi connectivity index (χ3v) is 6.22. The summed E-state index contributed by atoms with van der Waals surface area (Å²) in [6, 6.07) is 21.0. The molecule has 6 heteroatoms. The lowest BCUT2D eigenvalue weighted by molar-refractivity contribution is 0.00268. The second-order valence-electron chi connectivity index (χ2n) is 8.17.